The predicted octanol–water partition coefficient (Wildman–Crippen LogP) is 3.67. The standard InChI is InChI=1S/C14H15ClN2O2S/c15-10-2-1-3-11-13(10)17(7-6-9-4-5-9)14(16-11)20-8-12(18)19/h1-3,9H,4-8H2,(H,18,19). The average Bonchev–Trinajstić information content (AvgIpc) is 3.15. The lowest BCUT2D eigenvalue weighted by Crippen LogP contribution is -2.04. The lowest BCUT2D eigenvalue weighted by Gasteiger charge is -2.08. The van der Waals surface area contributed by atoms with Crippen LogP contribution in [0.5, 0.6) is 0 Å². The van der Waals surface area contributed by atoms with Gasteiger partial charge in [0, 0.05) is 6.54 Å². The van der Waals surface area contributed by atoms with Gasteiger partial charge in [0.25, 0.3) is 0 Å². The van der Waals surface area contributed by atoms with Crippen molar-refractivity contribution in [1.29, 1.82) is 0 Å². The van der Waals surface area contributed by atoms with E-state index >= 15 is 0 Å². The molecule has 1 aromatic heterocycles. The molecule has 0 spiro atoms. The Hall–Kier alpha value is -1.20. The minimum atomic E-state index is -0.832. The molecule has 0 unspecified atom stereocenters. The maximum Gasteiger partial charge on any atom is 0.313 e. The molecule has 0 amide bonds. The van der Waals surface area contributed by atoms with Gasteiger partial charge in [-0.3, -0.25) is 4.79 Å². The fraction of sp³-hybridized carbons (Fsp3) is 0.429. The number of imidazole rings is 1. The van der Waals surface area contributed by atoms with Gasteiger partial charge in [-0.15, -0.1) is 0 Å². The van der Waals surface area contributed by atoms with Gasteiger partial charge in [-0.05, 0) is 24.5 Å². The summed E-state index contributed by atoms with van der Waals surface area (Å²) in [5.74, 6) is -0.00107. The van der Waals surface area contributed by atoms with Crippen LogP contribution < -0.4 is 0 Å². The summed E-state index contributed by atoms with van der Waals surface area (Å²) in [5.41, 5.74) is 1.75. The Labute approximate surface area is 126 Å². The minimum absolute atomic E-state index is 0.0182. The zero-order valence-electron chi connectivity index (χ0n) is 10.9. The van der Waals surface area contributed by atoms with Gasteiger partial charge in [0.05, 0.1) is 21.8 Å². The van der Waals surface area contributed by atoms with E-state index in [1.54, 1.807) is 0 Å². The number of fused-ring (bicyclic) bond motifs is 1. The van der Waals surface area contributed by atoms with E-state index in [-0.39, 0.29) is 5.75 Å². The average molecular weight is 311 g/mol. The predicted molar refractivity (Wildman–Crippen MR) is 80.4 cm³/mol. The molecule has 0 atom stereocenters. The number of aliphatic carboxylic acids is 1. The van der Waals surface area contributed by atoms with Gasteiger partial charge < -0.3 is 9.67 Å². The Bertz CT molecular complexity index is 652. The first-order valence-corrected chi connectivity index (χ1v) is 8.01. The smallest absolute Gasteiger partial charge is 0.313 e. The van der Waals surface area contributed by atoms with Gasteiger partial charge >= 0.3 is 5.97 Å². The number of para-hydroxylation sites is 1. The Morgan fingerprint density at radius 3 is 3.00 bits per heavy atom. The number of halogens is 1. The number of hydrogen-bond acceptors (Lipinski definition) is 3. The van der Waals surface area contributed by atoms with E-state index in [0.717, 1.165) is 35.1 Å². The topological polar surface area (TPSA) is 55.1 Å². The van der Waals surface area contributed by atoms with E-state index in [0.29, 0.717) is 5.02 Å². The zero-order chi connectivity index (χ0) is 14.1. The third-order valence-corrected chi connectivity index (χ3v) is 4.73. The summed E-state index contributed by atoms with van der Waals surface area (Å²) in [7, 11) is 0. The molecule has 1 heterocycles. The summed E-state index contributed by atoms with van der Waals surface area (Å²) in [5, 5.41) is 10.3. The number of hydrogen-bond donors (Lipinski definition) is 1. The van der Waals surface area contributed by atoms with E-state index in [1.807, 2.05) is 18.2 Å². The fourth-order valence-corrected chi connectivity index (χ4v) is 3.31. The maximum absolute atomic E-state index is 10.8. The highest BCUT2D eigenvalue weighted by Crippen LogP contribution is 2.35. The molecule has 0 aliphatic heterocycles. The molecule has 106 valence electrons. The van der Waals surface area contributed by atoms with Crippen molar-refractivity contribution in [3.63, 3.8) is 0 Å². The van der Waals surface area contributed by atoms with Gasteiger partial charge in [0.1, 0.15) is 0 Å². The first kappa shape index (κ1) is 13.8. The van der Waals surface area contributed by atoms with Crippen LogP contribution in [0.4, 0.5) is 0 Å². The number of aromatic nitrogens is 2. The molecule has 1 aliphatic carbocycles. The van der Waals surface area contributed by atoms with Gasteiger partial charge in [0.15, 0.2) is 5.16 Å². The van der Waals surface area contributed by atoms with Crippen molar-refractivity contribution in [2.75, 3.05) is 5.75 Å². The van der Waals surface area contributed by atoms with Crippen molar-refractivity contribution in [2.45, 2.75) is 31.0 Å². The fourth-order valence-electron chi connectivity index (χ4n) is 2.28. The van der Waals surface area contributed by atoms with Crippen molar-refractivity contribution >= 4 is 40.4 Å². The Kier molecular flexibility index (Phi) is 3.89. The Balaban J connectivity index is 1.95. The molecule has 3 rings (SSSR count). The zero-order valence-corrected chi connectivity index (χ0v) is 12.5. The first-order chi connectivity index (χ1) is 9.65. The molecule has 2 aromatic rings. The molecule has 1 N–H and O–H groups in total. The molecule has 0 saturated heterocycles. The number of carbonyl (C=O) groups is 1. The van der Waals surface area contributed by atoms with Crippen LogP contribution in [0.3, 0.4) is 0 Å². The number of benzene rings is 1. The summed E-state index contributed by atoms with van der Waals surface area (Å²) in [6, 6.07) is 5.64. The van der Waals surface area contributed by atoms with Crippen LogP contribution in [0.25, 0.3) is 11.0 Å². The highest BCUT2D eigenvalue weighted by atomic mass is 35.5. The minimum Gasteiger partial charge on any atom is -0.481 e. The number of aryl methyl sites for hydroxylation is 1. The molecule has 1 aromatic carbocycles. The molecule has 20 heavy (non-hydrogen) atoms. The van der Waals surface area contributed by atoms with E-state index in [1.165, 1.54) is 24.6 Å². The Morgan fingerprint density at radius 1 is 1.50 bits per heavy atom. The molecule has 0 radical (unpaired) electrons. The summed E-state index contributed by atoms with van der Waals surface area (Å²) in [4.78, 5) is 15.3. The molecule has 6 heteroatoms. The molecular formula is C14H15ClN2O2S. The molecule has 1 aliphatic rings. The Morgan fingerprint density at radius 2 is 2.30 bits per heavy atom. The second-order valence-corrected chi connectivity index (χ2v) is 6.42. The van der Waals surface area contributed by atoms with Gasteiger partial charge in [0.2, 0.25) is 0 Å². The van der Waals surface area contributed by atoms with E-state index in [9.17, 15) is 4.79 Å². The third-order valence-electron chi connectivity index (χ3n) is 3.47. The summed E-state index contributed by atoms with van der Waals surface area (Å²) in [6.45, 7) is 0.854. The maximum atomic E-state index is 10.8. The van der Waals surface area contributed by atoms with Crippen LogP contribution in [-0.4, -0.2) is 26.4 Å². The number of rotatable bonds is 6. The quantitative estimate of drug-likeness (QED) is 0.827. The van der Waals surface area contributed by atoms with E-state index < -0.39 is 5.97 Å². The molecular weight excluding hydrogens is 296 g/mol. The van der Waals surface area contributed by atoms with Crippen LogP contribution in [0.15, 0.2) is 23.4 Å². The molecule has 4 nitrogen and oxygen atoms in total. The third kappa shape index (κ3) is 2.94. The van der Waals surface area contributed by atoms with Crippen molar-refractivity contribution in [3.05, 3.63) is 23.2 Å². The largest absolute Gasteiger partial charge is 0.481 e. The summed E-state index contributed by atoms with van der Waals surface area (Å²) < 4.78 is 2.07. The lowest BCUT2D eigenvalue weighted by molar-refractivity contribution is -0.133. The number of carboxylic acids is 1. The SMILES string of the molecule is O=C(O)CSc1nc2cccc(Cl)c2n1CCC1CC1. The van der Waals surface area contributed by atoms with Crippen molar-refractivity contribution in [1.82, 2.24) is 9.55 Å². The van der Waals surface area contributed by atoms with Crippen LogP contribution in [-0.2, 0) is 11.3 Å². The number of nitrogens with zero attached hydrogens (tertiary/aromatic N) is 2. The first-order valence-electron chi connectivity index (χ1n) is 6.64. The van der Waals surface area contributed by atoms with E-state index in [4.69, 9.17) is 16.7 Å². The van der Waals surface area contributed by atoms with Gasteiger partial charge in [-0.25, -0.2) is 4.98 Å². The van der Waals surface area contributed by atoms with Crippen molar-refractivity contribution < 1.29 is 9.90 Å². The van der Waals surface area contributed by atoms with Gasteiger partial charge in [-0.1, -0.05) is 42.3 Å². The van der Waals surface area contributed by atoms with Crippen molar-refractivity contribution in [2.24, 2.45) is 5.92 Å². The van der Waals surface area contributed by atoms with E-state index in [2.05, 4.69) is 9.55 Å². The normalized spacial score (nSPS) is 14.8. The van der Waals surface area contributed by atoms with Crippen LogP contribution in [0, 0.1) is 5.92 Å². The molecule has 1 saturated carbocycles. The molecule has 1 fully saturated rings. The molecule has 0 bridgehead atoms. The van der Waals surface area contributed by atoms with Crippen LogP contribution in [0.1, 0.15) is 19.3 Å². The summed E-state index contributed by atoms with van der Waals surface area (Å²) >= 11 is 7.54. The van der Waals surface area contributed by atoms with Gasteiger partial charge in [-0.2, -0.15) is 0 Å². The second-order valence-electron chi connectivity index (χ2n) is 5.07. The van der Waals surface area contributed by atoms with Crippen molar-refractivity contribution in [3.8, 4) is 0 Å². The highest BCUT2D eigenvalue weighted by molar-refractivity contribution is 7.99. The van der Waals surface area contributed by atoms with Crippen LogP contribution in [0.2, 0.25) is 5.02 Å². The van der Waals surface area contributed by atoms with Crippen LogP contribution >= 0.6 is 23.4 Å². The highest BCUT2D eigenvalue weighted by Gasteiger charge is 2.22. The lowest BCUT2D eigenvalue weighted by atomic mass is 10.2. The second kappa shape index (κ2) is 5.66. The monoisotopic (exact) mass is 310 g/mol. The number of carboxylic acid groups (broad SMARTS) is 1. The number of thioether (sulfide) groups is 1. The summed E-state index contributed by atoms with van der Waals surface area (Å²) in [6.07, 6.45) is 3.72.